The fourth-order valence-electron chi connectivity index (χ4n) is 1.88. The van der Waals surface area contributed by atoms with Gasteiger partial charge in [-0.2, -0.15) is 0 Å². The lowest BCUT2D eigenvalue weighted by atomic mass is 10.1. The third kappa shape index (κ3) is 2.77. The maximum absolute atomic E-state index is 10.7. The highest BCUT2D eigenvalue weighted by Crippen LogP contribution is 2.26. The number of aliphatic hydroxyl groups excluding tert-OH is 2. The van der Waals surface area contributed by atoms with Crippen molar-refractivity contribution in [3.63, 3.8) is 0 Å². The van der Waals surface area contributed by atoms with Crippen molar-refractivity contribution in [3.8, 4) is 0 Å². The largest absolute Gasteiger partial charge is 0.378 e. The molecular weight excluding hydrogens is 182 g/mol. The summed E-state index contributed by atoms with van der Waals surface area (Å²) in [7, 11) is 0. The zero-order chi connectivity index (χ0) is 10.7. The molecule has 1 aliphatic rings. The molecule has 1 rings (SSSR count). The molecule has 0 bridgehead atoms. The average Bonchev–Trinajstić information content (AvgIpc) is 2.31. The molecule has 3 atom stereocenters. The summed E-state index contributed by atoms with van der Waals surface area (Å²) in [6.07, 6.45) is 0.728. The summed E-state index contributed by atoms with van der Waals surface area (Å²) in [5, 5.41) is 19.3. The van der Waals surface area contributed by atoms with Crippen LogP contribution in [-0.2, 0) is 4.79 Å². The number of nitrogens with zero attached hydrogens (tertiary/aromatic N) is 1. The topological polar surface area (TPSA) is 60.8 Å². The van der Waals surface area contributed by atoms with Gasteiger partial charge in [-0.1, -0.05) is 6.92 Å². The molecule has 1 aliphatic heterocycles. The van der Waals surface area contributed by atoms with Crippen molar-refractivity contribution in [3.05, 3.63) is 0 Å². The van der Waals surface area contributed by atoms with E-state index in [1.807, 2.05) is 6.92 Å². The van der Waals surface area contributed by atoms with Crippen molar-refractivity contribution in [1.29, 1.82) is 0 Å². The van der Waals surface area contributed by atoms with Crippen LogP contribution >= 0.6 is 0 Å². The molecule has 0 aromatic heterocycles. The molecule has 0 amide bonds. The monoisotopic (exact) mass is 201 g/mol. The second kappa shape index (κ2) is 4.87. The van der Waals surface area contributed by atoms with Gasteiger partial charge in [-0.15, -0.1) is 0 Å². The van der Waals surface area contributed by atoms with Gasteiger partial charge in [-0.3, -0.25) is 4.90 Å². The van der Waals surface area contributed by atoms with Gasteiger partial charge in [0.25, 0.3) is 0 Å². The van der Waals surface area contributed by atoms with Crippen LogP contribution < -0.4 is 0 Å². The zero-order valence-electron chi connectivity index (χ0n) is 8.81. The predicted octanol–water partition coefficient (Wildman–Crippen LogP) is 0.334. The molecule has 4 nitrogen and oxygen atoms in total. The molecule has 0 spiro atoms. The number of carbonyl (C=O) groups excluding carboxylic acids is 1. The van der Waals surface area contributed by atoms with Crippen LogP contribution in [0.2, 0.25) is 0 Å². The third-order valence-corrected chi connectivity index (χ3v) is 2.76. The first kappa shape index (κ1) is 11.6. The minimum atomic E-state index is -0.558. The van der Waals surface area contributed by atoms with E-state index in [2.05, 4.69) is 0 Å². The van der Waals surface area contributed by atoms with E-state index in [1.54, 1.807) is 11.8 Å². The molecule has 0 aliphatic carbocycles. The van der Waals surface area contributed by atoms with Crippen LogP contribution in [0.4, 0.5) is 0 Å². The van der Waals surface area contributed by atoms with Crippen molar-refractivity contribution in [2.75, 3.05) is 6.54 Å². The van der Waals surface area contributed by atoms with E-state index in [0.29, 0.717) is 25.8 Å². The van der Waals surface area contributed by atoms with Crippen molar-refractivity contribution in [2.45, 2.75) is 45.6 Å². The molecule has 1 fully saturated rings. The van der Waals surface area contributed by atoms with Gasteiger partial charge in [0.05, 0.1) is 0 Å². The summed E-state index contributed by atoms with van der Waals surface area (Å²) in [6.45, 7) is 4.06. The molecule has 0 saturated carbocycles. The molecule has 1 heterocycles. The minimum absolute atomic E-state index is 0.113. The van der Waals surface area contributed by atoms with Crippen molar-refractivity contribution < 1.29 is 15.0 Å². The third-order valence-electron chi connectivity index (χ3n) is 2.76. The Morgan fingerprint density at radius 1 is 1.50 bits per heavy atom. The van der Waals surface area contributed by atoms with E-state index in [0.717, 1.165) is 0 Å². The molecule has 82 valence electrons. The molecular formula is C10H19NO3. The Morgan fingerprint density at radius 3 is 2.57 bits per heavy atom. The molecule has 2 N–H and O–H groups in total. The highest BCUT2D eigenvalue weighted by molar-refractivity contribution is 5.75. The number of Topliss-reactive ketones (excluding diaryl/α,β-unsaturated/α-hetero) is 1. The first-order valence-corrected chi connectivity index (χ1v) is 5.13. The first-order valence-electron chi connectivity index (χ1n) is 5.13. The molecule has 14 heavy (non-hydrogen) atoms. The molecule has 4 heteroatoms. The van der Waals surface area contributed by atoms with Gasteiger partial charge in [0.2, 0.25) is 0 Å². The number of carbonyl (C=O) groups is 1. The van der Waals surface area contributed by atoms with Gasteiger partial charge in [0, 0.05) is 13.0 Å². The smallest absolute Gasteiger partial charge is 0.129 e. The highest BCUT2D eigenvalue weighted by Gasteiger charge is 2.35. The molecule has 3 unspecified atom stereocenters. The number of hydrogen-bond acceptors (Lipinski definition) is 4. The van der Waals surface area contributed by atoms with Gasteiger partial charge in [0.1, 0.15) is 18.2 Å². The second-order valence-corrected chi connectivity index (χ2v) is 4.15. The van der Waals surface area contributed by atoms with Gasteiger partial charge in [0.15, 0.2) is 0 Å². The van der Waals surface area contributed by atoms with Crippen LogP contribution in [0.25, 0.3) is 0 Å². The summed E-state index contributed by atoms with van der Waals surface area (Å²) in [6, 6.07) is 0. The number of hydrogen-bond donors (Lipinski definition) is 2. The van der Waals surface area contributed by atoms with Gasteiger partial charge < -0.3 is 15.0 Å². The zero-order valence-corrected chi connectivity index (χ0v) is 8.81. The normalized spacial score (nSPS) is 33.6. The van der Waals surface area contributed by atoms with E-state index in [-0.39, 0.29) is 11.7 Å². The fraction of sp³-hybridized carbons (Fsp3) is 0.900. The SMILES string of the molecule is CC(=O)CCCN1C(O)CC(C)C1O. The number of aliphatic hydroxyl groups is 2. The molecule has 0 aromatic carbocycles. The van der Waals surface area contributed by atoms with Crippen LogP contribution in [0.3, 0.4) is 0 Å². The van der Waals surface area contributed by atoms with E-state index in [1.165, 1.54) is 0 Å². The maximum atomic E-state index is 10.7. The summed E-state index contributed by atoms with van der Waals surface area (Å²) in [5.41, 5.74) is 0. The Balaban J connectivity index is 2.33. The Labute approximate surface area is 84.5 Å². The van der Waals surface area contributed by atoms with Gasteiger partial charge in [-0.25, -0.2) is 0 Å². The Kier molecular flexibility index (Phi) is 4.04. The predicted molar refractivity (Wildman–Crippen MR) is 52.4 cm³/mol. The van der Waals surface area contributed by atoms with Gasteiger partial charge >= 0.3 is 0 Å². The minimum Gasteiger partial charge on any atom is -0.378 e. The standard InChI is InChI=1S/C10H19NO3/c1-7-6-9(13)11(10(7)14)5-3-4-8(2)12/h7,9-10,13-14H,3-6H2,1-2H3. The maximum Gasteiger partial charge on any atom is 0.129 e. The Morgan fingerprint density at radius 2 is 2.14 bits per heavy atom. The van der Waals surface area contributed by atoms with Crippen molar-refractivity contribution in [1.82, 2.24) is 4.90 Å². The number of likely N-dealkylation sites (tertiary alicyclic amines) is 1. The summed E-state index contributed by atoms with van der Waals surface area (Å²) in [4.78, 5) is 12.4. The summed E-state index contributed by atoms with van der Waals surface area (Å²) in [5.74, 6) is 0.267. The van der Waals surface area contributed by atoms with Crippen molar-refractivity contribution >= 4 is 5.78 Å². The van der Waals surface area contributed by atoms with Gasteiger partial charge in [-0.05, 0) is 25.7 Å². The summed E-state index contributed by atoms with van der Waals surface area (Å²) >= 11 is 0. The first-order chi connectivity index (χ1) is 6.52. The van der Waals surface area contributed by atoms with Crippen LogP contribution in [0.5, 0.6) is 0 Å². The van der Waals surface area contributed by atoms with E-state index >= 15 is 0 Å². The second-order valence-electron chi connectivity index (χ2n) is 4.15. The lowest BCUT2D eigenvalue weighted by molar-refractivity contribution is -0.117. The molecule has 0 radical (unpaired) electrons. The fourth-order valence-corrected chi connectivity index (χ4v) is 1.88. The van der Waals surface area contributed by atoms with Crippen LogP contribution in [-0.4, -0.2) is 39.9 Å². The average molecular weight is 201 g/mol. The lowest BCUT2D eigenvalue weighted by Crippen LogP contribution is -2.37. The highest BCUT2D eigenvalue weighted by atomic mass is 16.3. The molecule has 0 aromatic rings. The Bertz CT molecular complexity index is 208. The number of ketones is 1. The van der Waals surface area contributed by atoms with Crippen molar-refractivity contribution in [2.24, 2.45) is 5.92 Å². The Hall–Kier alpha value is -0.450. The molecule has 1 saturated heterocycles. The quantitative estimate of drug-likeness (QED) is 0.688. The van der Waals surface area contributed by atoms with Crippen LogP contribution in [0, 0.1) is 5.92 Å². The van der Waals surface area contributed by atoms with Crippen LogP contribution in [0.1, 0.15) is 33.1 Å². The lowest BCUT2D eigenvalue weighted by Gasteiger charge is -2.24. The van der Waals surface area contributed by atoms with Crippen LogP contribution in [0.15, 0.2) is 0 Å². The van der Waals surface area contributed by atoms with E-state index < -0.39 is 12.5 Å². The number of rotatable bonds is 4. The summed E-state index contributed by atoms with van der Waals surface area (Å²) < 4.78 is 0. The van der Waals surface area contributed by atoms with E-state index in [4.69, 9.17) is 0 Å². The van der Waals surface area contributed by atoms with E-state index in [9.17, 15) is 15.0 Å².